The van der Waals surface area contributed by atoms with Crippen LogP contribution in [-0.4, -0.2) is 31.5 Å². The molecule has 22 heavy (non-hydrogen) atoms. The molecule has 0 saturated heterocycles. The molecule has 0 spiro atoms. The number of aryl methyl sites for hydroxylation is 1. The lowest BCUT2D eigenvalue weighted by Crippen LogP contribution is -2.32. The van der Waals surface area contributed by atoms with Crippen molar-refractivity contribution in [3.63, 3.8) is 0 Å². The molecule has 1 N–H and O–H groups in total. The van der Waals surface area contributed by atoms with Crippen molar-refractivity contribution in [2.45, 2.75) is 19.9 Å². The summed E-state index contributed by atoms with van der Waals surface area (Å²) in [6.07, 6.45) is 0. The number of nitrogens with one attached hydrogen (secondary N) is 1. The normalized spacial score (nSPS) is 12.2. The molecule has 1 unspecified atom stereocenters. The molecule has 0 saturated carbocycles. The Kier molecular flexibility index (Phi) is 5.57. The third-order valence-electron chi connectivity index (χ3n) is 3.64. The largest absolute Gasteiger partial charge is 0.495 e. The molecule has 118 valence electrons. The van der Waals surface area contributed by atoms with E-state index in [1.807, 2.05) is 43.1 Å². The summed E-state index contributed by atoms with van der Waals surface area (Å²) < 4.78 is 5.29. The first-order valence-corrected chi connectivity index (χ1v) is 8.07. The van der Waals surface area contributed by atoms with Crippen LogP contribution in [0.4, 0.5) is 5.69 Å². The van der Waals surface area contributed by atoms with Gasteiger partial charge in [-0.25, -0.2) is 0 Å². The monoisotopic (exact) mass is 318 g/mol. The van der Waals surface area contributed by atoms with Gasteiger partial charge in [0.2, 0.25) is 5.91 Å². The van der Waals surface area contributed by atoms with Crippen molar-refractivity contribution in [1.82, 2.24) is 4.90 Å². The number of likely N-dealkylation sites (N-methyl/N-ethyl adjacent to an activating group) is 1. The third-order valence-corrected chi connectivity index (χ3v) is 4.68. The number of anilines is 1. The summed E-state index contributed by atoms with van der Waals surface area (Å²) in [6, 6.07) is 10.1. The minimum Gasteiger partial charge on any atom is -0.495 e. The van der Waals surface area contributed by atoms with Crippen molar-refractivity contribution >= 4 is 22.9 Å². The summed E-state index contributed by atoms with van der Waals surface area (Å²) in [4.78, 5) is 15.6. The van der Waals surface area contributed by atoms with E-state index in [2.05, 4.69) is 23.7 Å². The first-order chi connectivity index (χ1) is 10.5. The zero-order valence-corrected chi connectivity index (χ0v) is 14.2. The number of amides is 1. The van der Waals surface area contributed by atoms with Gasteiger partial charge in [-0.15, -0.1) is 11.3 Å². The smallest absolute Gasteiger partial charge is 0.238 e. The Morgan fingerprint density at radius 1 is 1.41 bits per heavy atom. The summed E-state index contributed by atoms with van der Waals surface area (Å²) in [6.45, 7) is 4.42. The highest BCUT2D eigenvalue weighted by molar-refractivity contribution is 7.10. The number of methoxy groups -OCH3 is 1. The second-order valence-corrected chi connectivity index (χ2v) is 6.34. The van der Waals surface area contributed by atoms with E-state index in [0.717, 1.165) is 5.56 Å². The van der Waals surface area contributed by atoms with Crippen LogP contribution in [0, 0.1) is 6.92 Å². The third kappa shape index (κ3) is 4.08. The number of nitrogens with zero attached hydrogens (tertiary/aromatic N) is 1. The Labute approximate surface area is 135 Å². The predicted molar refractivity (Wildman–Crippen MR) is 91.7 cm³/mol. The molecule has 0 aliphatic rings. The zero-order valence-electron chi connectivity index (χ0n) is 13.4. The first kappa shape index (κ1) is 16.5. The Morgan fingerprint density at radius 2 is 2.18 bits per heavy atom. The van der Waals surface area contributed by atoms with Crippen molar-refractivity contribution in [2.24, 2.45) is 0 Å². The molecule has 4 nitrogen and oxygen atoms in total. The average Bonchev–Trinajstić information content (AvgIpc) is 3.00. The summed E-state index contributed by atoms with van der Waals surface area (Å²) in [5.74, 6) is 0.628. The lowest BCUT2D eigenvalue weighted by molar-refractivity contribution is -0.117. The lowest BCUT2D eigenvalue weighted by atomic mass is 10.2. The topological polar surface area (TPSA) is 41.6 Å². The van der Waals surface area contributed by atoms with Gasteiger partial charge < -0.3 is 10.1 Å². The quantitative estimate of drug-likeness (QED) is 0.883. The van der Waals surface area contributed by atoms with Gasteiger partial charge in [-0.2, -0.15) is 0 Å². The number of ether oxygens (including phenoxy) is 1. The maximum atomic E-state index is 12.3. The van der Waals surface area contributed by atoms with Crippen molar-refractivity contribution in [3.05, 3.63) is 46.2 Å². The minimum absolute atomic E-state index is 0.0465. The van der Waals surface area contributed by atoms with Crippen molar-refractivity contribution in [2.75, 3.05) is 26.0 Å². The van der Waals surface area contributed by atoms with Gasteiger partial charge in [0.1, 0.15) is 5.75 Å². The van der Waals surface area contributed by atoms with E-state index in [1.165, 1.54) is 4.88 Å². The summed E-state index contributed by atoms with van der Waals surface area (Å²) in [5, 5.41) is 4.98. The van der Waals surface area contributed by atoms with Crippen LogP contribution >= 0.6 is 11.3 Å². The molecule has 2 rings (SSSR count). The molecule has 1 amide bonds. The van der Waals surface area contributed by atoms with Gasteiger partial charge in [0.25, 0.3) is 0 Å². The van der Waals surface area contributed by atoms with Crippen LogP contribution in [0.2, 0.25) is 0 Å². The van der Waals surface area contributed by atoms with E-state index < -0.39 is 0 Å². The molecule has 1 aromatic carbocycles. The molecule has 0 radical (unpaired) electrons. The number of rotatable bonds is 6. The van der Waals surface area contributed by atoms with Crippen molar-refractivity contribution in [3.8, 4) is 5.75 Å². The Balaban J connectivity index is 1.99. The van der Waals surface area contributed by atoms with E-state index >= 15 is 0 Å². The molecular weight excluding hydrogens is 296 g/mol. The lowest BCUT2D eigenvalue weighted by Gasteiger charge is -2.23. The number of thiophene rings is 1. The zero-order chi connectivity index (χ0) is 16.1. The second kappa shape index (κ2) is 7.42. The number of benzene rings is 1. The van der Waals surface area contributed by atoms with Gasteiger partial charge in [-0.1, -0.05) is 12.1 Å². The molecule has 5 heteroatoms. The van der Waals surface area contributed by atoms with Crippen LogP contribution in [-0.2, 0) is 4.79 Å². The number of carbonyl (C=O) groups is 1. The van der Waals surface area contributed by atoms with Crippen LogP contribution in [0.5, 0.6) is 5.75 Å². The number of hydrogen-bond acceptors (Lipinski definition) is 4. The SMILES string of the molecule is COc1ccc(C)cc1NC(=O)CN(C)C(C)c1cccs1. The fourth-order valence-electron chi connectivity index (χ4n) is 2.22. The Bertz CT molecular complexity index is 626. The van der Waals surface area contributed by atoms with Crippen LogP contribution in [0.25, 0.3) is 0 Å². The van der Waals surface area contributed by atoms with Crippen LogP contribution in [0.1, 0.15) is 23.4 Å². The second-order valence-electron chi connectivity index (χ2n) is 5.36. The highest BCUT2D eigenvalue weighted by Crippen LogP contribution is 2.26. The number of carbonyl (C=O) groups excluding carboxylic acids is 1. The molecule has 0 fully saturated rings. The molecule has 1 atom stereocenters. The van der Waals surface area contributed by atoms with Crippen molar-refractivity contribution in [1.29, 1.82) is 0 Å². The Hall–Kier alpha value is -1.85. The predicted octanol–water partition coefficient (Wildman–Crippen LogP) is 3.70. The fourth-order valence-corrected chi connectivity index (χ4v) is 3.07. The summed E-state index contributed by atoms with van der Waals surface area (Å²) in [5.41, 5.74) is 1.79. The van der Waals surface area contributed by atoms with Gasteiger partial charge in [0.05, 0.1) is 19.3 Å². The summed E-state index contributed by atoms with van der Waals surface area (Å²) >= 11 is 1.71. The van der Waals surface area contributed by atoms with Gasteiger partial charge in [0.15, 0.2) is 0 Å². The van der Waals surface area contributed by atoms with Gasteiger partial charge in [-0.05, 0) is 50.0 Å². The van der Waals surface area contributed by atoms with Crippen molar-refractivity contribution < 1.29 is 9.53 Å². The fraction of sp³-hybridized carbons (Fsp3) is 0.353. The van der Waals surface area contributed by atoms with E-state index in [0.29, 0.717) is 18.0 Å². The standard InChI is InChI=1S/C17H22N2O2S/c1-12-7-8-15(21-4)14(10-12)18-17(20)11-19(3)13(2)16-6-5-9-22-16/h5-10,13H,11H2,1-4H3,(H,18,20). The van der Waals surface area contributed by atoms with E-state index in [4.69, 9.17) is 4.74 Å². The van der Waals surface area contributed by atoms with Crippen LogP contribution in [0.3, 0.4) is 0 Å². The molecule has 0 aliphatic heterocycles. The van der Waals surface area contributed by atoms with E-state index in [9.17, 15) is 4.79 Å². The molecule has 1 heterocycles. The molecule has 1 aromatic heterocycles. The highest BCUT2D eigenvalue weighted by Gasteiger charge is 2.16. The maximum Gasteiger partial charge on any atom is 0.238 e. The minimum atomic E-state index is -0.0465. The van der Waals surface area contributed by atoms with E-state index in [-0.39, 0.29) is 11.9 Å². The molecular formula is C17H22N2O2S. The van der Waals surface area contributed by atoms with Gasteiger partial charge in [0, 0.05) is 10.9 Å². The van der Waals surface area contributed by atoms with Crippen LogP contribution in [0.15, 0.2) is 35.7 Å². The van der Waals surface area contributed by atoms with Gasteiger partial charge in [-0.3, -0.25) is 9.69 Å². The molecule has 2 aromatic rings. The number of hydrogen-bond donors (Lipinski definition) is 1. The van der Waals surface area contributed by atoms with E-state index in [1.54, 1.807) is 18.4 Å². The highest BCUT2D eigenvalue weighted by atomic mass is 32.1. The maximum absolute atomic E-state index is 12.3. The molecule has 0 aliphatic carbocycles. The Morgan fingerprint density at radius 3 is 2.82 bits per heavy atom. The summed E-state index contributed by atoms with van der Waals surface area (Å²) in [7, 11) is 3.56. The first-order valence-electron chi connectivity index (χ1n) is 7.19. The van der Waals surface area contributed by atoms with Gasteiger partial charge >= 0.3 is 0 Å². The average molecular weight is 318 g/mol. The van der Waals surface area contributed by atoms with Crippen LogP contribution < -0.4 is 10.1 Å². The molecule has 0 bridgehead atoms.